The molecule has 2 heterocycles. The Bertz CT molecular complexity index is 977. The van der Waals surface area contributed by atoms with Crippen molar-refractivity contribution >= 4 is 16.7 Å². The minimum absolute atomic E-state index is 0.527. The van der Waals surface area contributed by atoms with Gasteiger partial charge in [-0.05, 0) is 29.3 Å². The highest BCUT2D eigenvalue weighted by atomic mass is 16.5. The summed E-state index contributed by atoms with van der Waals surface area (Å²) in [5.41, 5.74) is 10.2. The van der Waals surface area contributed by atoms with E-state index in [1.54, 1.807) is 6.20 Å². The van der Waals surface area contributed by atoms with Gasteiger partial charge in [0.1, 0.15) is 18.2 Å². The summed E-state index contributed by atoms with van der Waals surface area (Å²) in [4.78, 5) is 7.43. The molecule has 0 saturated carbocycles. The van der Waals surface area contributed by atoms with Gasteiger partial charge in [-0.15, -0.1) is 0 Å². The van der Waals surface area contributed by atoms with Crippen molar-refractivity contribution in [1.82, 2.24) is 9.97 Å². The zero-order chi connectivity index (χ0) is 16.4. The number of rotatable bonds is 4. The molecule has 0 spiro atoms. The molecule has 0 aliphatic heterocycles. The second kappa shape index (κ2) is 6.08. The third kappa shape index (κ3) is 2.70. The van der Waals surface area contributed by atoms with Gasteiger partial charge in [0.25, 0.3) is 0 Å². The molecule has 118 valence electrons. The van der Waals surface area contributed by atoms with E-state index in [1.165, 1.54) is 0 Å². The maximum Gasteiger partial charge on any atom is 0.133 e. The first-order chi connectivity index (χ1) is 11.8. The lowest BCUT2D eigenvalue weighted by Gasteiger charge is -2.08. The van der Waals surface area contributed by atoms with E-state index >= 15 is 0 Å². The molecule has 0 saturated heterocycles. The normalized spacial score (nSPS) is 10.8. The fourth-order valence-electron chi connectivity index (χ4n) is 2.83. The van der Waals surface area contributed by atoms with Crippen molar-refractivity contribution in [3.8, 4) is 16.9 Å². The zero-order valence-corrected chi connectivity index (χ0v) is 13.1. The van der Waals surface area contributed by atoms with Crippen molar-refractivity contribution in [3.63, 3.8) is 0 Å². The number of aromatic amines is 1. The lowest BCUT2D eigenvalue weighted by Crippen LogP contribution is -1.95. The van der Waals surface area contributed by atoms with Crippen LogP contribution >= 0.6 is 0 Å². The molecule has 4 nitrogen and oxygen atoms in total. The number of hydrogen-bond acceptors (Lipinski definition) is 3. The summed E-state index contributed by atoms with van der Waals surface area (Å²) in [5.74, 6) is 1.35. The molecule has 0 fully saturated rings. The molecule has 0 bridgehead atoms. The summed E-state index contributed by atoms with van der Waals surface area (Å²) in [5, 5.41) is 0.942. The Hall–Kier alpha value is -3.27. The summed E-state index contributed by atoms with van der Waals surface area (Å²) in [6.07, 6.45) is 3.66. The fourth-order valence-corrected chi connectivity index (χ4v) is 2.83. The highest BCUT2D eigenvalue weighted by Gasteiger charge is 2.10. The van der Waals surface area contributed by atoms with Crippen LogP contribution in [0.3, 0.4) is 0 Å². The molecule has 0 atom stereocenters. The topological polar surface area (TPSA) is 63.9 Å². The predicted octanol–water partition coefficient (Wildman–Crippen LogP) is 4.39. The van der Waals surface area contributed by atoms with Gasteiger partial charge < -0.3 is 15.5 Å². The maximum atomic E-state index is 6.05. The lowest BCUT2D eigenvalue weighted by atomic mass is 10.1. The summed E-state index contributed by atoms with van der Waals surface area (Å²) in [6.45, 7) is 0.544. The molecule has 0 amide bonds. The van der Waals surface area contributed by atoms with Crippen LogP contribution in [0.4, 0.5) is 5.82 Å². The first-order valence-electron chi connectivity index (χ1n) is 7.80. The molecule has 4 heteroatoms. The molecular weight excluding hydrogens is 298 g/mol. The minimum atomic E-state index is 0.527. The predicted molar refractivity (Wildman–Crippen MR) is 96.7 cm³/mol. The van der Waals surface area contributed by atoms with Crippen molar-refractivity contribution in [1.29, 1.82) is 0 Å². The van der Waals surface area contributed by atoms with E-state index in [1.807, 2.05) is 54.7 Å². The highest BCUT2D eigenvalue weighted by molar-refractivity contribution is 6.01. The van der Waals surface area contributed by atoms with Crippen LogP contribution in [-0.2, 0) is 6.61 Å². The number of nitrogens with one attached hydrogen (secondary N) is 1. The Morgan fingerprint density at radius 2 is 1.88 bits per heavy atom. The van der Waals surface area contributed by atoms with Gasteiger partial charge in [0.2, 0.25) is 0 Å². The van der Waals surface area contributed by atoms with Crippen LogP contribution < -0.4 is 10.5 Å². The van der Waals surface area contributed by atoms with Gasteiger partial charge >= 0.3 is 0 Å². The number of H-pyrrole nitrogens is 1. The van der Waals surface area contributed by atoms with Crippen LogP contribution in [0.1, 0.15) is 5.56 Å². The standard InChI is InChI=1S/C20H17N3O/c21-20-19-17(12-23-18(19)9-10-22-20)15-7-4-8-16(11-15)24-13-14-5-2-1-3-6-14/h1-12,23H,13H2,(H2,21,22). The van der Waals surface area contributed by atoms with Crippen molar-refractivity contribution in [2.45, 2.75) is 6.61 Å². The number of fused-ring (bicyclic) bond motifs is 1. The van der Waals surface area contributed by atoms with E-state index in [0.29, 0.717) is 12.4 Å². The van der Waals surface area contributed by atoms with Crippen molar-refractivity contribution in [2.75, 3.05) is 5.73 Å². The van der Waals surface area contributed by atoms with Gasteiger partial charge in [0, 0.05) is 23.3 Å². The number of aromatic nitrogens is 2. The molecule has 4 rings (SSSR count). The molecule has 4 aromatic rings. The SMILES string of the molecule is Nc1nccc2[nH]cc(-c3cccc(OCc4ccccc4)c3)c12. The Morgan fingerprint density at radius 3 is 2.75 bits per heavy atom. The van der Waals surface area contributed by atoms with Gasteiger partial charge in [-0.1, -0.05) is 42.5 Å². The Balaban J connectivity index is 1.64. The summed E-state index contributed by atoms with van der Waals surface area (Å²) in [7, 11) is 0. The van der Waals surface area contributed by atoms with Crippen LogP contribution in [0, 0.1) is 0 Å². The van der Waals surface area contributed by atoms with Crippen LogP contribution in [0.15, 0.2) is 73.1 Å². The summed E-state index contributed by atoms with van der Waals surface area (Å²) in [6, 6.07) is 20.1. The second-order valence-corrected chi connectivity index (χ2v) is 5.62. The highest BCUT2D eigenvalue weighted by Crippen LogP contribution is 2.33. The number of ether oxygens (including phenoxy) is 1. The van der Waals surface area contributed by atoms with Gasteiger partial charge in [0.15, 0.2) is 0 Å². The monoisotopic (exact) mass is 315 g/mol. The van der Waals surface area contributed by atoms with Crippen LogP contribution in [0.2, 0.25) is 0 Å². The van der Waals surface area contributed by atoms with Crippen LogP contribution in [0.5, 0.6) is 5.75 Å². The summed E-state index contributed by atoms with van der Waals surface area (Å²) < 4.78 is 5.92. The number of nitrogens with two attached hydrogens (primary N) is 1. The van der Waals surface area contributed by atoms with E-state index in [4.69, 9.17) is 10.5 Å². The molecule has 0 radical (unpaired) electrons. The molecule has 24 heavy (non-hydrogen) atoms. The van der Waals surface area contributed by atoms with Crippen LogP contribution in [-0.4, -0.2) is 9.97 Å². The van der Waals surface area contributed by atoms with Gasteiger partial charge in [-0.3, -0.25) is 0 Å². The first kappa shape index (κ1) is 14.3. The molecule has 2 aromatic carbocycles. The average molecular weight is 315 g/mol. The third-order valence-corrected chi connectivity index (χ3v) is 4.02. The van der Waals surface area contributed by atoms with Gasteiger partial charge in [-0.2, -0.15) is 0 Å². The average Bonchev–Trinajstić information content (AvgIpc) is 3.07. The van der Waals surface area contributed by atoms with E-state index in [2.05, 4.69) is 22.1 Å². The molecule has 0 unspecified atom stereocenters. The molecule has 0 aliphatic rings. The van der Waals surface area contributed by atoms with Crippen molar-refractivity contribution in [3.05, 3.63) is 78.6 Å². The molecule has 3 N–H and O–H groups in total. The number of benzene rings is 2. The molecule has 2 aromatic heterocycles. The molecular formula is C20H17N3O. The minimum Gasteiger partial charge on any atom is -0.489 e. The number of pyridine rings is 1. The lowest BCUT2D eigenvalue weighted by molar-refractivity contribution is 0.306. The largest absolute Gasteiger partial charge is 0.489 e. The second-order valence-electron chi connectivity index (χ2n) is 5.62. The number of hydrogen-bond donors (Lipinski definition) is 2. The van der Waals surface area contributed by atoms with Crippen molar-refractivity contribution < 1.29 is 4.74 Å². The summed E-state index contributed by atoms with van der Waals surface area (Å²) >= 11 is 0. The number of nitrogens with zero attached hydrogens (tertiary/aromatic N) is 1. The van der Waals surface area contributed by atoms with Crippen molar-refractivity contribution in [2.24, 2.45) is 0 Å². The quantitative estimate of drug-likeness (QED) is 0.587. The Morgan fingerprint density at radius 1 is 1.00 bits per heavy atom. The van der Waals surface area contributed by atoms with E-state index < -0.39 is 0 Å². The van der Waals surface area contributed by atoms with Crippen LogP contribution in [0.25, 0.3) is 22.0 Å². The van der Waals surface area contributed by atoms with E-state index in [9.17, 15) is 0 Å². The Kier molecular flexibility index (Phi) is 3.63. The van der Waals surface area contributed by atoms with E-state index in [-0.39, 0.29) is 0 Å². The zero-order valence-electron chi connectivity index (χ0n) is 13.1. The number of anilines is 1. The Labute approximate surface area is 139 Å². The number of nitrogen functional groups attached to an aromatic ring is 1. The van der Waals surface area contributed by atoms with Gasteiger partial charge in [0.05, 0.1) is 5.52 Å². The third-order valence-electron chi connectivity index (χ3n) is 4.02. The smallest absolute Gasteiger partial charge is 0.133 e. The molecule has 0 aliphatic carbocycles. The fraction of sp³-hybridized carbons (Fsp3) is 0.0500. The van der Waals surface area contributed by atoms with E-state index in [0.717, 1.165) is 33.3 Å². The first-order valence-corrected chi connectivity index (χ1v) is 7.80. The van der Waals surface area contributed by atoms with Gasteiger partial charge in [-0.25, -0.2) is 4.98 Å². The maximum absolute atomic E-state index is 6.05.